The molecule has 2 aromatic carbocycles. The molecule has 0 aromatic heterocycles. The van der Waals surface area contributed by atoms with Crippen LogP contribution in [0.3, 0.4) is 0 Å². The summed E-state index contributed by atoms with van der Waals surface area (Å²) in [4.78, 5) is 50.7. The molecular formula is C24H25N3O6. The van der Waals surface area contributed by atoms with Crippen LogP contribution in [0.1, 0.15) is 31.2 Å². The van der Waals surface area contributed by atoms with Crippen molar-refractivity contribution in [3.8, 4) is 0 Å². The molecule has 1 fully saturated rings. The molecule has 1 saturated carbocycles. The first kappa shape index (κ1) is 22.4. The lowest BCUT2D eigenvalue weighted by atomic mass is 9.78. The Kier molecular flexibility index (Phi) is 6.67. The number of benzene rings is 2. The zero-order valence-electron chi connectivity index (χ0n) is 18.1. The number of hydrogen-bond donors (Lipinski definition) is 1. The number of carbonyl (C=O) groups excluding carboxylic acids is 3. The maximum absolute atomic E-state index is 13.3. The molecule has 2 aromatic rings. The summed E-state index contributed by atoms with van der Waals surface area (Å²) < 4.78 is 5.24. The van der Waals surface area contributed by atoms with Crippen LogP contribution >= 0.6 is 0 Å². The number of para-hydroxylation sites is 3. The molecule has 2 amide bonds. The highest BCUT2D eigenvalue weighted by Crippen LogP contribution is 2.36. The molecule has 1 heterocycles. The molecule has 9 heteroatoms. The van der Waals surface area contributed by atoms with Gasteiger partial charge in [-0.25, -0.2) is 0 Å². The number of anilines is 2. The van der Waals surface area contributed by atoms with E-state index in [1.807, 2.05) is 24.3 Å². The second-order valence-corrected chi connectivity index (χ2v) is 8.30. The Hall–Kier alpha value is -3.75. The van der Waals surface area contributed by atoms with Gasteiger partial charge in [-0.2, -0.15) is 0 Å². The Bertz CT molecular complexity index is 1090. The normalized spacial score (nSPS) is 19.5. The minimum Gasteiger partial charge on any atom is -0.455 e. The fourth-order valence-electron chi connectivity index (χ4n) is 4.64. The molecule has 2 aliphatic rings. The molecule has 0 radical (unpaired) electrons. The van der Waals surface area contributed by atoms with Crippen LogP contribution in [0.15, 0.2) is 48.5 Å². The van der Waals surface area contributed by atoms with E-state index in [2.05, 4.69) is 5.32 Å². The maximum atomic E-state index is 13.3. The Balaban J connectivity index is 1.38. The first-order valence-electron chi connectivity index (χ1n) is 11.0. The van der Waals surface area contributed by atoms with Gasteiger partial charge in [-0.15, -0.1) is 0 Å². The van der Waals surface area contributed by atoms with Gasteiger partial charge in [0, 0.05) is 18.3 Å². The number of nitro groups is 1. The molecule has 172 valence electrons. The molecule has 1 aliphatic heterocycles. The summed E-state index contributed by atoms with van der Waals surface area (Å²) in [6, 6.07) is 13.5. The van der Waals surface area contributed by atoms with Crippen molar-refractivity contribution in [2.75, 3.05) is 23.4 Å². The number of carbonyl (C=O) groups is 3. The molecule has 2 unspecified atom stereocenters. The van der Waals surface area contributed by atoms with E-state index >= 15 is 0 Å². The predicted molar refractivity (Wildman–Crippen MR) is 121 cm³/mol. The molecule has 9 nitrogen and oxygen atoms in total. The smallest absolute Gasteiger partial charge is 0.310 e. The van der Waals surface area contributed by atoms with E-state index in [-0.39, 0.29) is 17.3 Å². The first-order valence-corrected chi connectivity index (χ1v) is 11.0. The number of ether oxygens (including phenoxy) is 1. The summed E-state index contributed by atoms with van der Waals surface area (Å²) in [7, 11) is 0. The first-order chi connectivity index (χ1) is 16.0. The van der Waals surface area contributed by atoms with E-state index in [1.54, 1.807) is 11.0 Å². The van der Waals surface area contributed by atoms with Crippen LogP contribution in [0.25, 0.3) is 0 Å². The lowest BCUT2D eigenvalue weighted by Gasteiger charge is -2.32. The minimum atomic E-state index is -0.676. The van der Waals surface area contributed by atoms with Crippen molar-refractivity contribution < 1.29 is 24.0 Å². The molecule has 2 atom stereocenters. The van der Waals surface area contributed by atoms with Gasteiger partial charge in [0.2, 0.25) is 5.91 Å². The molecule has 1 N–H and O–H groups in total. The van der Waals surface area contributed by atoms with Gasteiger partial charge >= 0.3 is 5.97 Å². The zero-order valence-corrected chi connectivity index (χ0v) is 18.1. The average molecular weight is 451 g/mol. The predicted octanol–water partition coefficient (Wildman–Crippen LogP) is 3.47. The summed E-state index contributed by atoms with van der Waals surface area (Å²) in [5.41, 5.74) is 1.79. The molecular weight excluding hydrogens is 426 g/mol. The van der Waals surface area contributed by atoms with Crippen LogP contribution in [0, 0.1) is 22.0 Å². The van der Waals surface area contributed by atoms with E-state index in [4.69, 9.17) is 4.74 Å². The molecule has 0 bridgehead atoms. The highest BCUT2D eigenvalue weighted by molar-refractivity contribution is 5.99. The van der Waals surface area contributed by atoms with Crippen molar-refractivity contribution >= 4 is 34.8 Å². The Labute approximate surface area is 190 Å². The van der Waals surface area contributed by atoms with Crippen molar-refractivity contribution in [2.24, 2.45) is 11.8 Å². The van der Waals surface area contributed by atoms with Gasteiger partial charge in [0.15, 0.2) is 6.61 Å². The van der Waals surface area contributed by atoms with Crippen molar-refractivity contribution in [3.63, 3.8) is 0 Å². The van der Waals surface area contributed by atoms with Crippen LogP contribution in [-0.2, 0) is 25.5 Å². The van der Waals surface area contributed by atoms with Crippen molar-refractivity contribution in [2.45, 2.75) is 32.1 Å². The van der Waals surface area contributed by atoms with Crippen molar-refractivity contribution in [3.05, 3.63) is 64.2 Å². The van der Waals surface area contributed by atoms with E-state index in [1.165, 1.54) is 18.2 Å². The monoisotopic (exact) mass is 451 g/mol. The van der Waals surface area contributed by atoms with Gasteiger partial charge in [0.1, 0.15) is 5.69 Å². The quantitative estimate of drug-likeness (QED) is 0.408. The van der Waals surface area contributed by atoms with Crippen molar-refractivity contribution in [1.82, 2.24) is 0 Å². The van der Waals surface area contributed by atoms with Gasteiger partial charge in [-0.1, -0.05) is 43.2 Å². The number of nitro benzene ring substituents is 1. The largest absolute Gasteiger partial charge is 0.455 e. The van der Waals surface area contributed by atoms with Crippen molar-refractivity contribution in [1.29, 1.82) is 0 Å². The standard InChI is InChI=1S/C24H25N3O6/c28-22(25-19-10-4-6-12-21(19)27(31)32)15-33-24(30)18-9-3-2-8-17(18)23(29)26-14-13-16-7-1-5-11-20(16)26/h1,4-7,10-12,17-18H,2-3,8-9,13-15H2,(H,25,28). The summed E-state index contributed by atoms with van der Waals surface area (Å²) in [5.74, 6) is -2.44. The number of esters is 1. The molecule has 33 heavy (non-hydrogen) atoms. The third kappa shape index (κ3) is 4.87. The second kappa shape index (κ2) is 9.81. The van der Waals surface area contributed by atoms with E-state index in [0.29, 0.717) is 19.4 Å². The number of nitrogens with zero attached hydrogens (tertiary/aromatic N) is 2. The highest BCUT2D eigenvalue weighted by atomic mass is 16.6. The van der Waals surface area contributed by atoms with Crippen LogP contribution in [0.4, 0.5) is 17.1 Å². The zero-order chi connectivity index (χ0) is 23.4. The number of hydrogen-bond acceptors (Lipinski definition) is 6. The highest BCUT2D eigenvalue weighted by Gasteiger charge is 2.40. The lowest BCUT2D eigenvalue weighted by molar-refractivity contribution is -0.383. The number of fused-ring (bicyclic) bond motifs is 1. The summed E-state index contributed by atoms with van der Waals surface area (Å²) in [6.45, 7) is 0.0174. The SMILES string of the molecule is O=C(COC(=O)C1CCCCC1C(=O)N1CCc2ccccc21)Nc1ccccc1[N+](=O)[O-]. The van der Waals surface area contributed by atoms with E-state index in [0.717, 1.165) is 30.5 Å². The Morgan fingerprint density at radius 1 is 1.03 bits per heavy atom. The van der Waals surface area contributed by atoms with Crippen LogP contribution in [-0.4, -0.2) is 35.9 Å². The minimum absolute atomic E-state index is 0.0296. The molecule has 0 saturated heterocycles. The molecule has 4 rings (SSSR count). The second-order valence-electron chi connectivity index (χ2n) is 8.30. The fourth-order valence-corrected chi connectivity index (χ4v) is 4.64. The van der Waals surface area contributed by atoms with E-state index < -0.39 is 35.2 Å². The Morgan fingerprint density at radius 3 is 2.52 bits per heavy atom. The van der Waals surface area contributed by atoms with Gasteiger partial charge < -0.3 is 15.0 Å². The van der Waals surface area contributed by atoms with Crippen LogP contribution in [0.2, 0.25) is 0 Å². The van der Waals surface area contributed by atoms with Crippen LogP contribution < -0.4 is 10.2 Å². The van der Waals surface area contributed by atoms with Crippen LogP contribution in [0.5, 0.6) is 0 Å². The van der Waals surface area contributed by atoms with E-state index in [9.17, 15) is 24.5 Å². The Morgan fingerprint density at radius 2 is 1.73 bits per heavy atom. The third-order valence-corrected chi connectivity index (χ3v) is 6.26. The summed E-state index contributed by atoms with van der Waals surface area (Å²) >= 11 is 0. The van der Waals surface area contributed by atoms with Gasteiger partial charge in [-0.05, 0) is 37.0 Å². The third-order valence-electron chi connectivity index (χ3n) is 6.26. The summed E-state index contributed by atoms with van der Waals surface area (Å²) in [5, 5.41) is 13.5. The van der Waals surface area contributed by atoms with Gasteiger partial charge in [0.25, 0.3) is 11.6 Å². The molecule has 0 spiro atoms. The number of amides is 2. The molecule has 1 aliphatic carbocycles. The number of nitrogens with one attached hydrogen (secondary N) is 1. The number of rotatable bonds is 6. The maximum Gasteiger partial charge on any atom is 0.310 e. The van der Waals surface area contributed by atoms with Gasteiger partial charge in [0.05, 0.1) is 16.8 Å². The average Bonchev–Trinajstić information content (AvgIpc) is 3.26. The van der Waals surface area contributed by atoms with Gasteiger partial charge in [-0.3, -0.25) is 24.5 Å². The topological polar surface area (TPSA) is 119 Å². The fraction of sp³-hybridized carbons (Fsp3) is 0.375. The lowest BCUT2D eigenvalue weighted by Crippen LogP contribution is -2.42. The summed E-state index contributed by atoms with van der Waals surface area (Å²) in [6.07, 6.45) is 3.57.